The Morgan fingerprint density at radius 2 is 1.88 bits per heavy atom. The lowest BCUT2D eigenvalue weighted by Crippen LogP contribution is -2.25. The molecule has 132 valence electrons. The number of aromatic nitrogens is 2. The van der Waals surface area contributed by atoms with E-state index in [1.807, 2.05) is 0 Å². The minimum absolute atomic E-state index is 0.0222. The van der Waals surface area contributed by atoms with Gasteiger partial charge in [-0.3, -0.25) is 9.36 Å². The number of imidazole rings is 1. The van der Waals surface area contributed by atoms with Crippen molar-refractivity contribution in [2.24, 2.45) is 0 Å². The standard InChI is InChI=1S/C18H11F4N3O/c19-9-4-5-12(20)14(6-9)25-8-23-17-11(7-15(26)24-18(17)25)10-2-1-3-13(21)16(10)22/h1-6,8,11H,7H2,(H,24,26)/t11-/m0/s1. The number of hydrogen-bond acceptors (Lipinski definition) is 2. The zero-order valence-corrected chi connectivity index (χ0v) is 13.1. The highest BCUT2D eigenvalue weighted by Crippen LogP contribution is 2.38. The molecule has 4 nitrogen and oxygen atoms in total. The van der Waals surface area contributed by atoms with Gasteiger partial charge in [-0.05, 0) is 18.2 Å². The molecular weight excluding hydrogens is 350 g/mol. The van der Waals surface area contributed by atoms with Crippen LogP contribution in [0.4, 0.5) is 23.4 Å². The molecule has 3 aromatic rings. The number of amides is 1. The van der Waals surface area contributed by atoms with Crippen LogP contribution in [0.2, 0.25) is 0 Å². The molecule has 1 amide bonds. The summed E-state index contributed by atoms with van der Waals surface area (Å²) in [4.78, 5) is 16.2. The van der Waals surface area contributed by atoms with Gasteiger partial charge in [0.15, 0.2) is 11.6 Å². The molecule has 0 saturated carbocycles. The second-order valence-electron chi connectivity index (χ2n) is 5.89. The molecule has 0 saturated heterocycles. The number of nitrogens with zero attached hydrogens (tertiary/aromatic N) is 2. The lowest BCUT2D eigenvalue weighted by Gasteiger charge is -2.23. The molecule has 8 heteroatoms. The van der Waals surface area contributed by atoms with Gasteiger partial charge in [-0.25, -0.2) is 22.5 Å². The Morgan fingerprint density at radius 1 is 1.08 bits per heavy atom. The summed E-state index contributed by atoms with van der Waals surface area (Å²) < 4.78 is 56.6. The van der Waals surface area contributed by atoms with Crippen molar-refractivity contribution < 1.29 is 22.4 Å². The third-order valence-electron chi connectivity index (χ3n) is 4.30. The van der Waals surface area contributed by atoms with Crippen molar-refractivity contribution in [3.8, 4) is 5.69 Å². The molecule has 0 unspecified atom stereocenters. The summed E-state index contributed by atoms with van der Waals surface area (Å²) in [7, 11) is 0. The van der Waals surface area contributed by atoms with Crippen molar-refractivity contribution in [3.63, 3.8) is 0 Å². The van der Waals surface area contributed by atoms with Crippen molar-refractivity contribution in [1.82, 2.24) is 9.55 Å². The van der Waals surface area contributed by atoms with Crippen LogP contribution in [-0.4, -0.2) is 15.5 Å². The largest absolute Gasteiger partial charge is 0.310 e. The molecule has 0 radical (unpaired) electrons. The lowest BCUT2D eigenvalue weighted by molar-refractivity contribution is -0.116. The second-order valence-corrected chi connectivity index (χ2v) is 5.89. The molecular formula is C18H11F4N3O. The number of benzene rings is 2. The van der Waals surface area contributed by atoms with E-state index >= 15 is 0 Å². The summed E-state index contributed by atoms with van der Waals surface area (Å²) in [5, 5.41) is 2.54. The number of rotatable bonds is 2. The van der Waals surface area contributed by atoms with Gasteiger partial charge < -0.3 is 5.32 Å². The molecule has 2 heterocycles. The van der Waals surface area contributed by atoms with Crippen LogP contribution in [0.3, 0.4) is 0 Å². The summed E-state index contributed by atoms with van der Waals surface area (Å²) in [5.41, 5.74) is 0.0724. The van der Waals surface area contributed by atoms with Crippen LogP contribution in [0.25, 0.3) is 5.69 Å². The first kappa shape index (κ1) is 16.3. The Hall–Kier alpha value is -3.16. The van der Waals surface area contributed by atoms with Crippen molar-refractivity contribution in [2.45, 2.75) is 12.3 Å². The molecule has 1 atom stereocenters. The first-order chi connectivity index (χ1) is 12.5. The van der Waals surface area contributed by atoms with Gasteiger partial charge in [-0.1, -0.05) is 12.1 Å². The normalized spacial score (nSPS) is 16.3. The molecule has 1 aliphatic rings. The second kappa shape index (κ2) is 5.98. The molecule has 0 aliphatic carbocycles. The first-order valence-corrected chi connectivity index (χ1v) is 7.72. The van der Waals surface area contributed by atoms with E-state index in [0.29, 0.717) is 0 Å². The van der Waals surface area contributed by atoms with E-state index in [1.54, 1.807) is 0 Å². The highest BCUT2D eigenvalue weighted by molar-refractivity contribution is 5.94. The third kappa shape index (κ3) is 2.54. The van der Waals surface area contributed by atoms with E-state index in [-0.39, 0.29) is 29.2 Å². The molecule has 1 aliphatic heterocycles. The van der Waals surface area contributed by atoms with E-state index in [4.69, 9.17) is 0 Å². The van der Waals surface area contributed by atoms with E-state index in [1.165, 1.54) is 23.0 Å². The monoisotopic (exact) mass is 361 g/mol. The number of nitrogens with one attached hydrogen (secondary N) is 1. The predicted molar refractivity (Wildman–Crippen MR) is 84.9 cm³/mol. The van der Waals surface area contributed by atoms with Crippen LogP contribution in [-0.2, 0) is 4.79 Å². The van der Waals surface area contributed by atoms with Gasteiger partial charge >= 0.3 is 0 Å². The Balaban J connectivity index is 1.88. The number of halogens is 4. The average molecular weight is 361 g/mol. The van der Waals surface area contributed by atoms with E-state index in [9.17, 15) is 22.4 Å². The summed E-state index contributed by atoms with van der Waals surface area (Å²) in [6.45, 7) is 0. The number of carbonyl (C=O) groups is 1. The van der Waals surface area contributed by atoms with Gasteiger partial charge in [-0.15, -0.1) is 0 Å². The molecule has 1 N–H and O–H groups in total. The van der Waals surface area contributed by atoms with E-state index in [0.717, 1.165) is 24.3 Å². The highest BCUT2D eigenvalue weighted by Gasteiger charge is 2.33. The number of fused-ring (bicyclic) bond motifs is 1. The predicted octanol–water partition coefficient (Wildman–Crippen LogP) is 3.90. The minimum atomic E-state index is -1.07. The van der Waals surface area contributed by atoms with Crippen LogP contribution in [0, 0.1) is 23.3 Å². The topological polar surface area (TPSA) is 46.9 Å². The molecule has 0 bridgehead atoms. The average Bonchev–Trinajstić information content (AvgIpc) is 3.02. The maximum atomic E-state index is 14.2. The lowest BCUT2D eigenvalue weighted by atomic mass is 9.89. The first-order valence-electron chi connectivity index (χ1n) is 7.72. The van der Waals surface area contributed by atoms with Crippen molar-refractivity contribution in [1.29, 1.82) is 0 Å². The van der Waals surface area contributed by atoms with Crippen LogP contribution in [0.15, 0.2) is 42.7 Å². The Kier molecular flexibility index (Phi) is 3.75. The van der Waals surface area contributed by atoms with Crippen molar-refractivity contribution in [3.05, 3.63) is 77.3 Å². The van der Waals surface area contributed by atoms with Gasteiger partial charge in [-0.2, -0.15) is 0 Å². The molecule has 2 aromatic carbocycles. The summed E-state index contributed by atoms with van der Waals surface area (Å²) in [6.07, 6.45) is 1.06. The number of hydrogen-bond donors (Lipinski definition) is 1. The fourth-order valence-corrected chi connectivity index (χ4v) is 3.11. The molecule has 26 heavy (non-hydrogen) atoms. The Morgan fingerprint density at radius 3 is 2.69 bits per heavy atom. The SMILES string of the molecule is O=C1C[C@@H](c2cccc(F)c2F)c2ncn(-c3cc(F)ccc3F)c2N1. The quantitative estimate of drug-likeness (QED) is 0.704. The van der Waals surface area contributed by atoms with Crippen LogP contribution < -0.4 is 5.32 Å². The number of anilines is 1. The minimum Gasteiger partial charge on any atom is -0.310 e. The fraction of sp³-hybridized carbons (Fsp3) is 0.111. The van der Waals surface area contributed by atoms with Gasteiger partial charge in [0.2, 0.25) is 5.91 Å². The summed E-state index contributed by atoms with van der Waals surface area (Å²) in [5.74, 6) is -4.70. The Labute approximate surface area is 145 Å². The van der Waals surface area contributed by atoms with Gasteiger partial charge in [0, 0.05) is 24.0 Å². The van der Waals surface area contributed by atoms with Gasteiger partial charge in [0.25, 0.3) is 0 Å². The maximum absolute atomic E-state index is 14.2. The molecule has 4 rings (SSSR count). The molecule has 0 fully saturated rings. The highest BCUT2D eigenvalue weighted by atomic mass is 19.2. The van der Waals surface area contributed by atoms with Gasteiger partial charge in [0.05, 0.1) is 11.4 Å². The number of carbonyl (C=O) groups excluding carboxylic acids is 1. The maximum Gasteiger partial charge on any atom is 0.226 e. The fourth-order valence-electron chi connectivity index (χ4n) is 3.11. The van der Waals surface area contributed by atoms with Gasteiger partial charge in [0.1, 0.15) is 23.8 Å². The Bertz CT molecular complexity index is 1030. The van der Waals surface area contributed by atoms with Crippen LogP contribution in [0.1, 0.15) is 23.6 Å². The van der Waals surface area contributed by atoms with Crippen molar-refractivity contribution >= 4 is 11.7 Å². The zero-order chi connectivity index (χ0) is 18.4. The van der Waals surface area contributed by atoms with E-state index in [2.05, 4.69) is 10.3 Å². The molecule has 0 spiro atoms. The van der Waals surface area contributed by atoms with Crippen molar-refractivity contribution in [2.75, 3.05) is 5.32 Å². The van der Waals surface area contributed by atoms with Crippen LogP contribution in [0.5, 0.6) is 0 Å². The summed E-state index contributed by atoms with van der Waals surface area (Å²) in [6, 6.07) is 6.55. The summed E-state index contributed by atoms with van der Waals surface area (Å²) >= 11 is 0. The zero-order valence-electron chi connectivity index (χ0n) is 13.1. The van der Waals surface area contributed by atoms with E-state index < -0.39 is 35.1 Å². The third-order valence-corrected chi connectivity index (χ3v) is 4.30. The van der Waals surface area contributed by atoms with Crippen LogP contribution >= 0.6 is 0 Å². The smallest absolute Gasteiger partial charge is 0.226 e. The molecule has 1 aromatic heterocycles.